The minimum absolute atomic E-state index is 0.193. The average Bonchev–Trinajstić information content (AvgIpc) is 2.26. The summed E-state index contributed by atoms with van der Waals surface area (Å²) in [6, 6.07) is 8.21. The van der Waals surface area contributed by atoms with Crippen LogP contribution in [0.2, 0.25) is 0 Å². The van der Waals surface area contributed by atoms with Gasteiger partial charge in [-0.15, -0.1) is 0 Å². The number of benzene rings is 1. The fraction of sp³-hybridized carbons (Fsp3) is 0.600. The molecular weight excluding hydrogens is 210 g/mol. The molecule has 1 aromatic carbocycles. The molecule has 1 aliphatic rings. The highest BCUT2D eigenvalue weighted by Crippen LogP contribution is 2.33. The Balaban J connectivity index is 2.05. The van der Waals surface area contributed by atoms with Crippen molar-refractivity contribution >= 4 is 0 Å². The molecule has 0 aromatic heterocycles. The van der Waals surface area contributed by atoms with Crippen LogP contribution in [0.25, 0.3) is 0 Å². The Kier molecular flexibility index (Phi) is 3.17. The van der Waals surface area contributed by atoms with Gasteiger partial charge in [-0.1, -0.05) is 39.0 Å². The van der Waals surface area contributed by atoms with Crippen LogP contribution in [-0.4, -0.2) is 12.1 Å². The normalized spacial score (nSPS) is 24.0. The highest BCUT2D eigenvalue weighted by molar-refractivity contribution is 5.36. The number of rotatable bonds is 2. The van der Waals surface area contributed by atoms with Crippen LogP contribution in [0.5, 0.6) is 5.75 Å². The Morgan fingerprint density at radius 3 is 2.71 bits per heavy atom. The van der Waals surface area contributed by atoms with Crippen molar-refractivity contribution in [3.05, 3.63) is 29.8 Å². The van der Waals surface area contributed by atoms with Crippen LogP contribution in [0, 0.1) is 5.41 Å². The summed E-state index contributed by atoms with van der Waals surface area (Å²) < 4.78 is 5.78. The molecule has 0 amide bonds. The largest absolute Gasteiger partial charge is 0.491 e. The van der Waals surface area contributed by atoms with Gasteiger partial charge in [0.25, 0.3) is 0 Å². The zero-order valence-electron chi connectivity index (χ0n) is 11.1. The molecule has 0 spiro atoms. The molecule has 0 bridgehead atoms. The van der Waals surface area contributed by atoms with Crippen LogP contribution in [0.4, 0.5) is 0 Å². The van der Waals surface area contributed by atoms with Crippen LogP contribution in [0.1, 0.15) is 39.2 Å². The van der Waals surface area contributed by atoms with E-state index in [1.54, 1.807) is 0 Å². The fourth-order valence-electron chi connectivity index (χ4n) is 2.23. The summed E-state index contributed by atoms with van der Waals surface area (Å²) in [5.74, 6) is 1.00. The lowest BCUT2D eigenvalue weighted by atomic mass is 9.80. The average molecular weight is 233 g/mol. The van der Waals surface area contributed by atoms with Crippen molar-refractivity contribution in [2.45, 2.75) is 45.6 Å². The van der Waals surface area contributed by atoms with Crippen LogP contribution < -0.4 is 10.5 Å². The quantitative estimate of drug-likeness (QED) is 0.851. The summed E-state index contributed by atoms with van der Waals surface area (Å²) in [4.78, 5) is 0. The third-order valence-electron chi connectivity index (χ3n) is 3.40. The van der Waals surface area contributed by atoms with Crippen molar-refractivity contribution in [2.75, 3.05) is 6.61 Å². The van der Waals surface area contributed by atoms with Gasteiger partial charge in [0.15, 0.2) is 0 Å². The Hall–Kier alpha value is -1.02. The second-order valence-corrected chi connectivity index (χ2v) is 6.50. The van der Waals surface area contributed by atoms with E-state index in [4.69, 9.17) is 10.5 Å². The highest BCUT2D eigenvalue weighted by atomic mass is 16.5. The maximum absolute atomic E-state index is 6.46. The Bertz CT molecular complexity index is 394. The van der Waals surface area contributed by atoms with E-state index in [0.29, 0.717) is 12.0 Å². The number of hydrogen-bond donors (Lipinski definition) is 1. The second-order valence-electron chi connectivity index (χ2n) is 6.50. The number of fused-ring (bicyclic) bond motifs is 1. The van der Waals surface area contributed by atoms with Crippen molar-refractivity contribution < 1.29 is 4.74 Å². The summed E-state index contributed by atoms with van der Waals surface area (Å²) in [5.41, 5.74) is 7.85. The van der Waals surface area contributed by atoms with Crippen molar-refractivity contribution in [1.82, 2.24) is 0 Å². The zero-order valence-corrected chi connectivity index (χ0v) is 11.1. The highest BCUT2D eigenvalue weighted by Gasteiger charge is 2.32. The predicted molar refractivity (Wildman–Crippen MR) is 71.2 cm³/mol. The molecule has 1 aromatic rings. The van der Waals surface area contributed by atoms with Crippen molar-refractivity contribution in [2.24, 2.45) is 11.1 Å². The summed E-state index contributed by atoms with van der Waals surface area (Å²) >= 11 is 0. The Morgan fingerprint density at radius 1 is 1.29 bits per heavy atom. The van der Waals surface area contributed by atoms with Crippen LogP contribution in [-0.2, 0) is 6.42 Å². The van der Waals surface area contributed by atoms with Crippen LogP contribution in [0.15, 0.2) is 24.3 Å². The van der Waals surface area contributed by atoms with Gasteiger partial charge in [-0.25, -0.2) is 0 Å². The van der Waals surface area contributed by atoms with Crippen molar-refractivity contribution in [3.8, 4) is 5.75 Å². The predicted octanol–water partition coefficient (Wildman–Crippen LogP) is 3.15. The van der Waals surface area contributed by atoms with E-state index >= 15 is 0 Å². The molecule has 0 fully saturated rings. The van der Waals surface area contributed by atoms with Gasteiger partial charge >= 0.3 is 0 Å². The van der Waals surface area contributed by atoms with E-state index in [0.717, 1.165) is 25.0 Å². The maximum Gasteiger partial charge on any atom is 0.122 e. The molecule has 2 nitrogen and oxygen atoms in total. The van der Waals surface area contributed by atoms with Gasteiger partial charge in [0.2, 0.25) is 0 Å². The van der Waals surface area contributed by atoms with Gasteiger partial charge in [0, 0.05) is 0 Å². The number of hydrogen-bond acceptors (Lipinski definition) is 2. The van der Waals surface area contributed by atoms with E-state index in [1.807, 2.05) is 12.1 Å². The van der Waals surface area contributed by atoms with Crippen molar-refractivity contribution in [1.29, 1.82) is 0 Å². The summed E-state index contributed by atoms with van der Waals surface area (Å²) in [7, 11) is 0. The van der Waals surface area contributed by atoms with Gasteiger partial charge in [0.1, 0.15) is 12.4 Å². The molecule has 0 saturated carbocycles. The first-order valence-electron chi connectivity index (χ1n) is 6.38. The van der Waals surface area contributed by atoms with E-state index in [2.05, 4.69) is 32.9 Å². The Morgan fingerprint density at radius 2 is 2.00 bits per heavy atom. The summed E-state index contributed by atoms with van der Waals surface area (Å²) in [5, 5.41) is 0. The molecule has 0 radical (unpaired) electrons. The van der Waals surface area contributed by atoms with Gasteiger partial charge in [0.05, 0.1) is 5.54 Å². The summed E-state index contributed by atoms with van der Waals surface area (Å²) in [6.45, 7) is 7.41. The van der Waals surface area contributed by atoms with Crippen LogP contribution in [0.3, 0.4) is 0 Å². The zero-order chi connectivity index (χ0) is 12.5. The third-order valence-corrected chi connectivity index (χ3v) is 3.40. The number of ether oxygens (including phenoxy) is 1. The minimum Gasteiger partial charge on any atom is -0.491 e. The number of para-hydroxylation sites is 1. The first kappa shape index (κ1) is 12.4. The molecule has 2 rings (SSSR count). The smallest absolute Gasteiger partial charge is 0.122 e. The molecule has 2 heteroatoms. The first-order chi connectivity index (χ1) is 7.88. The fourth-order valence-corrected chi connectivity index (χ4v) is 2.23. The van der Waals surface area contributed by atoms with E-state index in [-0.39, 0.29) is 5.54 Å². The topological polar surface area (TPSA) is 35.2 Å². The molecule has 1 atom stereocenters. The maximum atomic E-state index is 6.46. The monoisotopic (exact) mass is 233 g/mol. The minimum atomic E-state index is -0.193. The van der Waals surface area contributed by atoms with Crippen LogP contribution >= 0.6 is 0 Å². The molecule has 94 valence electrons. The molecule has 1 aliphatic heterocycles. The lowest BCUT2D eigenvalue weighted by molar-refractivity contribution is 0.165. The SMILES string of the molecule is CC(C)(C)CCC1(N)COc2ccccc2C1. The molecule has 1 heterocycles. The Labute approximate surface area is 104 Å². The van der Waals surface area contributed by atoms with Gasteiger partial charge < -0.3 is 10.5 Å². The van der Waals surface area contributed by atoms with Gasteiger partial charge in [-0.2, -0.15) is 0 Å². The van der Waals surface area contributed by atoms with E-state index < -0.39 is 0 Å². The molecule has 0 aliphatic carbocycles. The second kappa shape index (κ2) is 4.34. The molecule has 17 heavy (non-hydrogen) atoms. The molecule has 0 saturated heterocycles. The molecule has 2 N–H and O–H groups in total. The lowest BCUT2D eigenvalue weighted by Crippen LogP contribution is -2.50. The molecular formula is C15H23NO. The number of nitrogens with two attached hydrogens (primary N) is 1. The van der Waals surface area contributed by atoms with E-state index in [1.165, 1.54) is 5.56 Å². The lowest BCUT2D eigenvalue weighted by Gasteiger charge is -2.36. The van der Waals surface area contributed by atoms with Gasteiger partial charge in [-0.3, -0.25) is 0 Å². The summed E-state index contributed by atoms with van der Waals surface area (Å²) in [6.07, 6.45) is 3.08. The standard InChI is InChI=1S/C15H23NO/c1-14(2,3)8-9-15(16)10-12-6-4-5-7-13(12)17-11-15/h4-7H,8-11,16H2,1-3H3. The molecule has 1 unspecified atom stereocenters. The van der Waals surface area contributed by atoms with Crippen molar-refractivity contribution in [3.63, 3.8) is 0 Å². The third kappa shape index (κ3) is 3.22. The first-order valence-corrected chi connectivity index (χ1v) is 6.38. The van der Waals surface area contributed by atoms with E-state index in [9.17, 15) is 0 Å². The van der Waals surface area contributed by atoms with Gasteiger partial charge in [-0.05, 0) is 36.3 Å².